The smallest absolute Gasteiger partial charge is 0.302 e. The second-order valence-corrected chi connectivity index (χ2v) is 6.69. The minimum atomic E-state index is -0.419. The zero-order valence-corrected chi connectivity index (χ0v) is 15.5. The average Bonchev–Trinajstić information content (AvgIpc) is 3.39. The summed E-state index contributed by atoms with van der Waals surface area (Å²) in [5.74, 6) is 2.02. The van der Waals surface area contributed by atoms with Crippen LogP contribution in [0.25, 0.3) is 21.9 Å². The molecule has 2 aliphatic rings. The van der Waals surface area contributed by atoms with Gasteiger partial charge in [-0.1, -0.05) is 12.1 Å². The first-order valence-corrected chi connectivity index (χ1v) is 9.02. The highest BCUT2D eigenvalue weighted by Gasteiger charge is 2.25. The fourth-order valence-corrected chi connectivity index (χ4v) is 3.71. The molecular weight excluding hydrogens is 376 g/mol. The van der Waals surface area contributed by atoms with Crippen LogP contribution in [0.4, 0.5) is 0 Å². The molecule has 29 heavy (non-hydrogen) atoms. The maximum Gasteiger partial charge on any atom is 0.302 e. The Kier molecular flexibility index (Phi) is 4.01. The van der Waals surface area contributed by atoms with Crippen LogP contribution in [-0.4, -0.2) is 25.8 Å². The van der Waals surface area contributed by atoms with Crippen molar-refractivity contribution in [2.24, 2.45) is 0 Å². The first-order chi connectivity index (χ1) is 14.2. The van der Waals surface area contributed by atoms with Gasteiger partial charge in [0.25, 0.3) is 0 Å². The topological polar surface area (TPSA) is 80.3 Å². The fraction of sp³-hybridized carbons (Fsp3) is 0.182. The molecule has 3 aromatic rings. The first-order valence-electron chi connectivity index (χ1n) is 9.02. The van der Waals surface area contributed by atoms with Crippen LogP contribution < -0.4 is 18.9 Å². The summed E-state index contributed by atoms with van der Waals surface area (Å²) in [6, 6.07) is 11.0. The van der Waals surface area contributed by atoms with Crippen molar-refractivity contribution in [1.82, 2.24) is 0 Å². The maximum absolute atomic E-state index is 12.2. The Morgan fingerprint density at radius 2 is 1.76 bits per heavy atom. The first kappa shape index (κ1) is 17.4. The number of carbonyl (C=O) groups is 2. The van der Waals surface area contributed by atoms with Crippen molar-refractivity contribution >= 4 is 23.0 Å². The predicted molar refractivity (Wildman–Crippen MR) is 102 cm³/mol. The van der Waals surface area contributed by atoms with Gasteiger partial charge in [0.05, 0.1) is 0 Å². The molecule has 2 heterocycles. The molecule has 0 atom stereocenters. The van der Waals surface area contributed by atoms with Gasteiger partial charge in [-0.2, -0.15) is 0 Å². The summed E-state index contributed by atoms with van der Waals surface area (Å²) in [5.41, 5.74) is 2.45. The van der Waals surface area contributed by atoms with Gasteiger partial charge in [0.1, 0.15) is 6.61 Å². The molecule has 7 heteroatoms. The summed E-state index contributed by atoms with van der Waals surface area (Å²) in [4.78, 5) is 23.5. The van der Waals surface area contributed by atoms with Crippen molar-refractivity contribution in [3.63, 3.8) is 0 Å². The van der Waals surface area contributed by atoms with Crippen LogP contribution >= 0.6 is 0 Å². The van der Waals surface area contributed by atoms with E-state index >= 15 is 0 Å². The molecule has 0 spiro atoms. The lowest BCUT2D eigenvalue weighted by atomic mass is 9.89. The molecule has 3 aromatic carbocycles. The number of benzene rings is 3. The Balaban J connectivity index is 1.82. The quantitative estimate of drug-likeness (QED) is 0.493. The minimum Gasteiger partial charge on any atom is -0.461 e. The van der Waals surface area contributed by atoms with Crippen molar-refractivity contribution in [1.29, 1.82) is 0 Å². The summed E-state index contributed by atoms with van der Waals surface area (Å²) in [6.07, 6.45) is 0.771. The van der Waals surface area contributed by atoms with E-state index in [0.717, 1.165) is 22.6 Å². The molecule has 0 saturated carbocycles. The lowest BCUT2D eigenvalue weighted by molar-refractivity contribution is -0.142. The van der Waals surface area contributed by atoms with Crippen molar-refractivity contribution in [2.45, 2.75) is 13.5 Å². The molecule has 146 valence electrons. The Labute approximate surface area is 165 Å². The number of hydrogen-bond donors (Lipinski definition) is 0. The average molecular weight is 392 g/mol. The number of fused-ring (bicyclic) bond motifs is 4. The zero-order valence-electron chi connectivity index (χ0n) is 15.5. The number of hydrogen-bond acceptors (Lipinski definition) is 7. The number of ether oxygens (including phenoxy) is 5. The monoisotopic (exact) mass is 392 g/mol. The Morgan fingerprint density at radius 1 is 1.00 bits per heavy atom. The van der Waals surface area contributed by atoms with Crippen LogP contribution in [0, 0.1) is 0 Å². The van der Waals surface area contributed by atoms with E-state index in [-0.39, 0.29) is 20.2 Å². The molecule has 5 rings (SSSR count). The lowest BCUT2D eigenvalue weighted by Crippen LogP contribution is -2.04. The minimum absolute atomic E-state index is 0.00859. The Hall–Kier alpha value is -3.74. The maximum atomic E-state index is 12.2. The van der Waals surface area contributed by atoms with Crippen LogP contribution in [0.5, 0.6) is 23.0 Å². The normalized spacial score (nSPS) is 13.6. The van der Waals surface area contributed by atoms with E-state index in [2.05, 4.69) is 0 Å². The van der Waals surface area contributed by atoms with E-state index in [1.165, 1.54) is 6.92 Å². The third-order valence-electron chi connectivity index (χ3n) is 4.98. The van der Waals surface area contributed by atoms with Crippen LogP contribution in [0.15, 0.2) is 36.4 Å². The Morgan fingerprint density at radius 3 is 2.59 bits per heavy atom. The second kappa shape index (κ2) is 6.70. The highest BCUT2D eigenvalue weighted by atomic mass is 16.7. The van der Waals surface area contributed by atoms with Crippen LogP contribution in [0.1, 0.15) is 22.8 Å². The molecule has 0 aliphatic carbocycles. The van der Waals surface area contributed by atoms with Crippen molar-refractivity contribution < 1.29 is 33.3 Å². The van der Waals surface area contributed by atoms with E-state index in [1.54, 1.807) is 6.07 Å². The molecular formula is C22H16O7. The number of esters is 1. The van der Waals surface area contributed by atoms with Crippen molar-refractivity contribution in [2.75, 3.05) is 13.6 Å². The molecule has 0 saturated heterocycles. The molecule has 0 amide bonds. The molecule has 0 bridgehead atoms. The lowest BCUT2D eigenvalue weighted by Gasteiger charge is -2.16. The van der Waals surface area contributed by atoms with E-state index in [1.807, 2.05) is 30.3 Å². The largest absolute Gasteiger partial charge is 0.461 e. The Bertz CT molecular complexity index is 1170. The predicted octanol–water partition coefficient (Wildman–Crippen LogP) is 3.84. The van der Waals surface area contributed by atoms with Gasteiger partial charge in [-0.25, -0.2) is 0 Å². The summed E-state index contributed by atoms with van der Waals surface area (Å²) in [6.45, 7) is 1.59. The second-order valence-electron chi connectivity index (χ2n) is 6.69. The third-order valence-corrected chi connectivity index (χ3v) is 4.98. The van der Waals surface area contributed by atoms with E-state index in [4.69, 9.17) is 23.7 Å². The van der Waals surface area contributed by atoms with E-state index in [0.29, 0.717) is 39.7 Å². The summed E-state index contributed by atoms with van der Waals surface area (Å²) in [5, 5.41) is 1.60. The van der Waals surface area contributed by atoms with Gasteiger partial charge in [0, 0.05) is 29.0 Å². The van der Waals surface area contributed by atoms with E-state index in [9.17, 15) is 9.59 Å². The van der Waals surface area contributed by atoms with Gasteiger partial charge >= 0.3 is 5.97 Å². The van der Waals surface area contributed by atoms with Gasteiger partial charge in [0.15, 0.2) is 29.3 Å². The summed E-state index contributed by atoms with van der Waals surface area (Å²) in [7, 11) is 0. The molecule has 0 N–H and O–H groups in total. The SMILES string of the molecule is CC(=O)OCc1cc2ccc3c(c2c(-c2ccc4c(c2)OCO4)c1C=O)OCO3. The molecule has 7 nitrogen and oxygen atoms in total. The van der Waals surface area contributed by atoms with Crippen LogP contribution in [0.2, 0.25) is 0 Å². The van der Waals surface area contributed by atoms with Crippen LogP contribution in [-0.2, 0) is 16.1 Å². The van der Waals surface area contributed by atoms with Gasteiger partial charge in [-0.05, 0) is 35.2 Å². The molecule has 0 aromatic heterocycles. The highest BCUT2D eigenvalue weighted by molar-refractivity contribution is 6.09. The van der Waals surface area contributed by atoms with Crippen LogP contribution in [0.3, 0.4) is 0 Å². The van der Waals surface area contributed by atoms with Crippen molar-refractivity contribution in [3.05, 3.63) is 47.5 Å². The van der Waals surface area contributed by atoms with Gasteiger partial charge in [-0.3, -0.25) is 9.59 Å². The summed E-state index contributed by atoms with van der Waals surface area (Å²) >= 11 is 0. The molecule has 2 aliphatic heterocycles. The third kappa shape index (κ3) is 2.82. The molecule has 0 fully saturated rings. The number of rotatable bonds is 4. The van der Waals surface area contributed by atoms with E-state index < -0.39 is 5.97 Å². The summed E-state index contributed by atoms with van der Waals surface area (Å²) < 4.78 is 27.3. The number of carbonyl (C=O) groups excluding carboxylic acids is 2. The van der Waals surface area contributed by atoms with Gasteiger partial charge in [-0.15, -0.1) is 0 Å². The van der Waals surface area contributed by atoms with Gasteiger partial charge in [0.2, 0.25) is 13.6 Å². The highest BCUT2D eigenvalue weighted by Crippen LogP contribution is 2.47. The number of aldehydes is 1. The zero-order chi connectivity index (χ0) is 20.0. The standard InChI is InChI=1S/C22H16O7/c1-12(24)25-9-15-6-13-3-5-18-22(29-11-27-18)21(13)20(16(15)8-23)14-2-4-17-19(7-14)28-10-26-17/h2-8H,9-11H2,1H3. The van der Waals surface area contributed by atoms with Crippen molar-refractivity contribution in [3.8, 4) is 34.1 Å². The molecule has 0 radical (unpaired) electrons. The van der Waals surface area contributed by atoms with Gasteiger partial charge < -0.3 is 23.7 Å². The molecule has 0 unspecified atom stereocenters. The fourth-order valence-electron chi connectivity index (χ4n) is 3.71.